The maximum Gasteiger partial charge on any atom is 0.0749 e. The number of hydrogen-bond acceptors (Lipinski definition) is 2. The summed E-state index contributed by atoms with van der Waals surface area (Å²) in [6, 6.07) is 0. The fourth-order valence-corrected chi connectivity index (χ4v) is 3.49. The fourth-order valence-electron chi connectivity index (χ4n) is 3.49. The molecule has 2 saturated carbocycles. The minimum absolute atomic E-state index is 0.344. The van der Waals surface area contributed by atoms with Crippen LogP contribution in [0.1, 0.15) is 64.2 Å². The summed E-state index contributed by atoms with van der Waals surface area (Å²) in [4.78, 5) is 0. The quantitative estimate of drug-likeness (QED) is 0.753. The highest BCUT2D eigenvalue weighted by Crippen LogP contribution is 2.29. The van der Waals surface area contributed by atoms with Crippen LogP contribution in [-0.4, -0.2) is 22.4 Å². The summed E-state index contributed by atoms with van der Waals surface area (Å²) in [7, 11) is 0. The highest BCUT2D eigenvalue weighted by molar-refractivity contribution is 4.98. The van der Waals surface area contributed by atoms with E-state index in [9.17, 15) is 10.2 Å². The second-order valence-corrected chi connectivity index (χ2v) is 6.16. The molecule has 0 heterocycles. The summed E-state index contributed by atoms with van der Waals surface area (Å²) >= 11 is 0. The molecule has 0 aromatic heterocycles. The van der Waals surface area contributed by atoms with Crippen molar-refractivity contribution in [1.29, 1.82) is 0 Å². The van der Waals surface area contributed by atoms with Crippen molar-refractivity contribution in [3.05, 3.63) is 12.2 Å². The number of aliphatic hydroxyl groups excluding tert-OH is 2. The van der Waals surface area contributed by atoms with Gasteiger partial charge in [-0.3, -0.25) is 0 Å². The zero-order valence-electron chi connectivity index (χ0n) is 11.4. The van der Waals surface area contributed by atoms with Gasteiger partial charge in [0.15, 0.2) is 0 Å². The molecule has 0 aliphatic heterocycles. The fraction of sp³-hybridized carbons (Fsp3) is 0.875. The van der Waals surface area contributed by atoms with Gasteiger partial charge in [-0.1, -0.05) is 50.7 Å². The average molecular weight is 252 g/mol. The molecule has 0 saturated heterocycles. The highest BCUT2D eigenvalue weighted by atomic mass is 16.3. The smallest absolute Gasteiger partial charge is 0.0749 e. The first-order chi connectivity index (χ1) is 8.77. The Morgan fingerprint density at radius 2 is 0.944 bits per heavy atom. The third kappa shape index (κ3) is 4.10. The van der Waals surface area contributed by atoms with Crippen LogP contribution in [0.4, 0.5) is 0 Å². The Morgan fingerprint density at radius 1 is 0.611 bits per heavy atom. The van der Waals surface area contributed by atoms with Crippen molar-refractivity contribution in [3.63, 3.8) is 0 Å². The Hall–Kier alpha value is -0.340. The monoisotopic (exact) mass is 252 g/mol. The Morgan fingerprint density at radius 3 is 1.28 bits per heavy atom. The Balaban J connectivity index is 1.77. The second kappa shape index (κ2) is 7.30. The molecular weight excluding hydrogens is 224 g/mol. The van der Waals surface area contributed by atoms with Crippen LogP contribution in [0.15, 0.2) is 12.2 Å². The van der Waals surface area contributed by atoms with Gasteiger partial charge >= 0.3 is 0 Å². The average Bonchev–Trinajstić information content (AvgIpc) is 2.46. The van der Waals surface area contributed by atoms with Gasteiger partial charge in [-0.05, 0) is 37.5 Å². The summed E-state index contributed by atoms with van der Waals surface area (Å²) in [5, 5.41) is 20.2. The molecule has 2 rings (SSSR count). The van der Waals surface area contributed by atoms with Gasteiger partial charge in [-0.15, -0.1) is 0 Å². The molecule has 2 atom stereocenters. The normalized spacial score (nSPS) is 27.4. The van der Waals surface area contributed by atoms with E-state index in [4.69, 9.17) is 0 Å². The summed E-state index contributed by atoms with van der Waals surface area (Å²) < 4.78 is 0. The molecule has 0 amide bonds. The molecule has 2 aliphatic carbocycles. The van der Waals surface area contributed by atoms with Crippen molar-refractivity contribution in [3.8, 4) is 0 Å². The number of aliphatic hydroxyl groups is 2. The van der Waals surface area contributed by atoms with Crippen LogP contribution in [-0.2, 0) is 0 Å². The summed E-state index contributed by atoms with van der Waals surface area (Å²) in [6.07, 6.45) is 15.2. The van der Waals surface area contributed by atoms with E-state index in [1.54, 1.807) is 0 Å². The second-order valence-electron chi connectivity index (χ2n) is 6.16. The van der Waals surface area contributed by atoms with Crippen molar-refractivity contribution < 1.29 is 10.2 Å². The predicted molar refractivity (Wildman–Crippen MR) is 74.3 cm³/mol. The van der Waals surface area contributed by atoms with E-state index in [-0.39, 0.29) is 12.2 Å². The first kappa shape index (κ1) is 14.1. The first-order valence-electron chi connectivity index (χ1n) is 7.82. The zero-order chi connectivity index (χ0) is 12.8. The van der Waals surface area contributed by atoms with Gasteiger partial charge < -0.3 is 10.2 Å². The minimum atomic E-state index is -0.344. The van der Waals surface area contributed by atoms with Crippen molar-refractivity contribution in [2.24, 2.45) is 11.8 Å². The van der Waals surface area contributed by atoms with Crippen LogP contribution in [0.25, 0.3) is 0 Å². The van der Waals surface area contributed by atoms with Gasteiger partial charge in [0, 0.05) is 0 Å². The van der Waals surface area contributed by atoms with Gasteiger partial charge in [0.25, 0.3) is 0 Å². The van der Waals surface area contributed by atoms with Crippen LogP contribution in [0.3, 0.4) is 0 Å². The van der Waals surface area contributed by atoms with Gasteiger partial charge in [0.05, 0.1) is 12.2 Å². The molecule has 0 radical (unpaired) electrons. The van der Waals surface area contributed by atoms with Crippen LogP contribution < -0.4 is 0 Å². The van der Waals surface area contributed by atoms with Gasteiger partial charge in [-0.2, -0.15) is 0 Å². The maximum absolute atomic E-state index is 10.1. The highest BCUT2D eigenvalue weighted by Gasteiger charge is 2.22. The third-order valence-corrected chi connectivity index (χ3v) is 4.77. The van der Waals surface area contributed by atoms with Crippen LogP contribution in [0, 0.1) is 11.8 Å². The standard InChI is InChI=1S/C16H28O2/c17-15(13-7-3-1-4-8-13)11-12-16(18)14-9-5-2-6-10-14/h11-18H,1-10H2/b12-11+/t15-,16+. The lowest BCUT2D eigenvalue weighted by Gasteiger charge is -2.26. The third-order valence-electron chi connectivity index (χ3n) is 4.77. The van der Waals surface area contributed by atoms with E-state index in [1.807, 2.05) is 12.2 Å². The first-order valence-corrected chi connectivity index (χ1v) is 7.82. The molecule has 2 aliphatic rings. The lowest BCUT2D eigenvalue weighted by Crippen LogP contribution is -2.24. The Labute approximate surface area is 111 Å². The lowest BCUT2D eigenvalue weighted by atomic mass is 9.83. The van der Waals surface area contributed by atoms with E-state index in [0.29, 0.717) is 11.8 Å². The molecule has 0 aromatic carbocycles. The SMILES string of the molecule is O[C@H](/C=C/[C@H](O)C1CCCCC1)C1CCCCC1. The van der Waals surface area contributed by atoms with Crippen molar-refractivity contribution >= 4 is 0 Å². The van der Waals surface area contributed by atoms with Gasteiger partial charge in [0.1, 0.15) is 0 Å². The summed E-state index contributed by atoms with van der Waals surface area (Å²) in [5.41, 5.74) is 0. The number of rotatable bonds is 4. The van der Waals surface area contributed by atoms with E-state index in [0.717, 1.165) is 25.7 Å². The predicted octanol–water partition coefficient (Wildman–Crippen LogP) is 3.43. The zero-order valence-corrected chi connectivity index (χ0v) is 11.4. The summed E-state index contributed by atoms with van der Waals surface area (Å²) in [6.45, 7) is 0. The van der Waals surface area contributed by atoms with E-state index < -0.39 is 0 Å². The molecule has 0 spiro atoms. The Bertz CT molecular complexity index is 224. The molecule has 0 aromatic rings. The molecular formula is C16H28O2. The lowest BCUT2D eigenvalue weighted by molar-refractivity contribution is 0.111. The van der Waals surface area contributed by atoms with Crippen LogP contribution in [0.2, 0.25) is 0 Å². The molecule has 2 heteroatoms. The molecule has 18 heavy (non-hydrogen) atoms. The van der Waals surface area contributed by atoms with Crippen molar-refractivity contribution in [1.82, 2.24) is 0 Å². The summed E-state index contributed by atoms with van der Waals surface area (Å²) in [5.74, 6) is 0.849. The van der Waals surface area contributed by atoms with E-state index >= 15 is 0 Å². The Kier molecular flexibility index (Phi) is 5.71. The molecule has 0 bridgehead atoms. The maximum atomic E-state index is 10.1. The van der Waals surface area contributed by atoms with Crippen molar-refractivity contribution in [2.45, 2.75) is 76.4 Å². The van der Waals surface area contributed by atoms with Gasteiger partial charge in [-0.25, -0.2) is 0 Å². The molecule has 0 unspecified atom stereocenters. The van der Waals surface area contributed by atoms with Gasteiger partial charge in [0.2, 0.25) is 0 Å². The van der Waals surface area contributed by atoms with Crippen LogP contribution in [0.5, 0.6) is 0 Å². The molecule has 2 fully saturated rings. The molecule has 104 valence electrons. The molecule has 2 nitrogen and oxygen atoms in total. The van der Waals surface area contributed by atoms with E-state index in [2.05, 4.69) is 0 Å². The molecule has 2 N–H and O–H groups in total. The minimum Gasteiger partial charge on any atom is -0.389 e. The van der Waals surface area contributed by atoms with Crippen molar-refractivity contribution in [2.75, 3.05) is 0 Å². The van der Waals surface area contributed by atoms with E-state index in [1.165, 1.54) is 38.5 Å². The largest absolute Gasteiger partial charge is 0.389 e. The number of hydrogen-bond donors (Lipinski definition) is 2. The van der Waals surface area contributed by atoms with Crippen LogP contribution >= 0.6 is 0 Å². The topological polar surface area (TPSA) is 40.5 Å².